The number of anilines is 2. The third-order valence-corrected chi connectivity index (χ3v) is 5.32. The molecule has 0 atom stereocenters. The maximum atomic E-state index is 9.47. The van der Waals surface area contributed by atoms with E-state index < -0.39 is 0 Å². The number of thiazole rings is 1. The molecule has 30 heavy (non-hydrogen) atoms. The molecule has 8 heteroatoms. The number of hydrogen-bond acceptors (Lipinski definition) is 8. The van der Waals surface area contributed by atoms with Crippen molar-refractivity contribution < 1.29 is 4.74 Å². The molecule has 0 aliphatic rings. The molecule has 4 aromatic rings. The van der Waals surface area contributed by atoms with Gasteiger partial charge in [-0.05, 0) is 23.8 Å². The van der Waals surface area contributed by atoms with Crippen molar-refractivity contribution in [2.75, 3.05) is 5.32 Å². The Kier molecular flexibility index (Phi) is 5.29. The van der Waals surface area contributed by atoms with E-state index in [1.165, 1.54) is 11.3 Å². The van der Waals surface area contributed by atoms with E-state index in [-0.39, 0.29) is 5.41 Å². The first-order chi connectivity index (χ1) is 14.5. The molecular formula is C22H20N6OS. The lowest BCUT2D eigenvalue weighted by Crippen LogP contribution is -2.13. The summed E-state index contributed by atoms with van der Waals surface area (Å²) < 4.78 is 5.91. The lowest BCUT2D eigenvalue weighted by molar-refractivity contribution is 0.294. The van der Waals surface area contributed by atoms with Crippen LogP contribution in [0.4, 0.5) is 10.9 Å². The van der Waals surface area contributed by atoms with Crippen LogP contribution in [0.15, 0.2) is 48.8 Å². The van der Waals surface area contributed by atoms with Crippen molar-refractivity contribution in [3.8, 4) is 11.9 Å². The highest BCUT2D eigenvalue weighted by atomic mass is 32.1. The highest BCUT2D eigenvalue weighted by molar-refractivity contribution is 7.16. The van der Waals surface area contributed by atoms with Gasteiger partial charge in [-0.3, -0.25) is 4.98 Å². The van der Waals surface area contributed by atoms with E-state index in [1.807, 2.05) is 57.2 Å². The zero-order chi connectivity index (χ0) is 21.1. The predicted molar refractivity (Wildman–Crippen MR) is 117 cm³/mol. The van der Waals surface area contributed by atoms with Crippen LogP contribution in [0.25, 0.3) is 10.8 Å². The van der Waals surface area contributed by atoms with Gasteiger partial charge < -0.3 is 10.1 Å². The average Bonchev–Trinajstić information content (AvgIpc) is 3.17. The van der Waals surface area contributed by atoms with Crippen LogP contribution < -0.4 is 10.1 Å². The second-order valence-corrected chi connectivity index (χ2v) is 8.73. The minimum atomic E-state index is -0.222. The van der Waals surface area contributed by atoms with Gasteiger partial charge in [-0.15, -0.1) is 10.2 Å². The smallest absolute Gasteiger partial charge is 0.241 e. The molecule has 1 N–H and O–H groups in total. The van der Waals surface area contributed by atoms with Crippen molar-refractivity contribution in [3.05, 3.63) is 64.9 Å². The SMILES string of the molecule is CC(C)(C)c1nc(Nc2nnc(OCc3ccncc3)c3ccccc23)sc1C#N. The van der Waals surface area contributed by atoms with Crippen LogP contribution in [0.5, 0.6) is 5.88 Å². The Labute approximate surface area is 178 Å². The molecule has 0 aliphatic carbocycles. The Balaban J connectivity index is 1.65. The number of aromatic nitrogens is 4. The van der Waals surface area contributed by atoms with Gasteiger partial charge in [-0.25, -0.2) is 4.98 Å². The van der Waals surface area contributed by atoms with Gasteiger partial charge in [0.15, 0.2) is 10.9 Å². The van der Waals surface area contributed by atoms with Gasteiger partial charge in [0, 0.05) is 28.6 Å². The molecule has 0 saturated carbocycles. The van der Waals surface area contributed by atoms with E-state index in [2.05, 4.69) is 31.6 Å². The van der Waals surface area contributed by atoms with Gasteiger partial charge in [-0.2, -0.15) is 5.26 Å². The summed E-state index contributed by atoms with van der Waals surface area (Å²) in [6.07, 6.45) is 3.45. The normalized spacial score (nSPS) is 11.3. The zero-order valence-corrected chi connectivity index (χ0v) is 17.7. The lowest BCUT2D eigenvalue weighted by atomic mass is 9.91. The second-order valence-electron chi connectivity index (χ2n) is 7.73. The van der Waals surface area contributed by atoms with Crippen molar-refractivity contribution in [1.29, 1.82) is 5.26 Å². The van der Waals surface area contributed by atoms with Crippen LogP contribution in [0, 0.1) is 11.3 Å². The van der Waals surface area contributed by atoms with Gasteiger partial charge in [-0.1, -0.05) is 50.3 Å². The van der Waals surface area contributed by atoms with Crippen molar-refractivity contribution >= 4 is 33.1 Å². The summed E-state index contributed by atoms with van der Waals surface area (Å²) >= 11 is 1.31. The largest absolute Gasteiger partial charge is 0.471 e. The van der Waals surface area contributed by atoms with Crippen LogP contribution in [-0.2, 0) is 12.0 Å². The molecule has 0 spiro atoms. The summed E-state index contributed by atoms with van der Waals surface area (Å²) in [4.78, 5) is 9.24. The first-order valence-corrected chi connectivity index (χ1v) is 10.2. The summed E-state index contributed by atoms with van der Waals surface area (Å²) in [5.41, 5.74) is 1.55. The van der Waals surface area contributed by atoms with Crippen LogP contribution >= 0.6 is 11.3 Å². The monoisotopic (exact) mass is 416 g/mol. The van der Waals surface area contributed by atoms with Crippen molar-refractivity contribution in [3.63, 3.8) is 0 Å². The third kappa shape index (κ3) is 4.07. The van der Waals surface area contributed by atoms with E-state index in [0.717, 1.165) is 22.0 Å². The molecule has 0 bridgehead atoms. The van der Waals surface area contributed by atoms with Crippen LogP contribution in [0.2, 0.25) is 0 Å². The molecule has 0 fully saturated rings. The molecule has 0 unspecified atom stereocenters. The fraction of sp³-hybridized carbons (Fsp3) is 0.227. The molecule has 0 amide bonds. The molecule has 150 valence electrons. The average molecular weight is 417 g/mol. The van der Waals surface area contributed by atoms with E-state index >= 15 is 0 Å². The number of benzene rings is 1. The number of nitrogens with zero attached hydrogens (tertiary/aromatic N) is 5. The van der Waals surface area contributed by atoms with Crippen LogP contribution in [0.3, 0.4) is 0 Å². The van der Waals surface area contributed by atoms with Gasteiger partial charge in [0.1, 0.15) is 17.6 Å². The maximum absolute atomic E-state index is 9.47. The number of rotatable bonds is 5. The number of pyridine rings is 1. The first kappa shape index (κ1) is 19.7. The highest BCUT2D eigenvalue weighted by Gasteiger charge is 2.24. The molecule has 4 rings (SSSR count). The fourth-order valence-corrected chi connectivity index (χ4v) is 3.94. The summed E-state index contributed by atoms with van der Waals surface area (Å²) in [6.45, 7) is 6.49. The van der Waals surface area contributed by atoms with E-state index in [1.54, 1.807) is 12.4 Å². The van der Waals surface area contributed by atoms with Gasteiger partial charge in [0.05, 0.1) is 5.69 Å². The lowest BCUT2D eigenvalue weighted by Gasteiger charge is -2.15. The molecule has 3 aromatic heterocycles. The quantitative estimate of drug-likeness (QED) is 0.490. The first-order valence-electron chi connectivity index (χ1n) is 9.41. The summed E-state index contributed by atoms with van der Waals surface area (Å²) in [5.74, 6) is 1.03. The number of hydrogen-bond donors (Lipinski definition) is 1. The van der Waals surface area contributed by atoms with Gasteiger partial charge in [0.25, 0.3) is 0 Å². The second kappa shape index (κ2) is 8.05. The van der Waals surface area contributed by atoms with Crippen molar-refractivity contribution in [1.82, 2.24) is 20.2 Å². The van der Waals surface area contributed by atoms with E-state index in [0.29, 0.717) is 28.3 Å². The molecule has 3 heterocycles. The van der Waals surface area contributed by atoms with E-state index in [9.17, 15) is 5.26 Å². The molecule has 7 nitrogen and oxygen atoms in total. The summed E-state index contributed by atoms with van der Waals surface area (Å²) in [5, 5.41) is 23.6. The molecule has 0 radical (unpaired) electrons. The molecular weight excluding hydrogens is 396 g/mol. The van der Waals surface area contributed by atoms with Crippen LogP contribution in [-0.4, -0.2) is 20.2 Å². The predicted octanol–water partition coefficient (Wildman–Crippen LogP) is 4.97. The number of fused-ring (bicyclic) bond motifs is 1. The Morgan fingerprint density at radius 3 is 2.47 bits per heavy atom. The Hall–Kier alpha value is -3.57. The Bertz CT molecular complexity index is 1220. The van der Waals surface area contributed by atoms with Crippen LogP contribution in [0.1, 0.15) is 36.9 Å². The standard InChI is InChI=1S/C22H20N6OS/c1-22(2,3)18-17(12-23)30-21(25-18)26-19-15-6-4-5-7-16(15)20(28-27-19)29-13-14-8-10-24-11-9-14/h4-11H,13H2,1-3H3,(H,25,26,27). The van der Waals surface area contributed by atoms with Gasteiger partial charge in [0.2, 0.25) is 5.88 Å². The summed E-state index contributed by atoms with van der Waals surface area (Å²) in [6, 6.07) is 13.8. The number of nitriles is 1. The topological polar surface area (TPSA) is 96.6 Å². The Morgan fingerprint density at radius 2 is 1.80 bits per heavy atom. The van der Waals surface area contributed by atoms with Gasteiger partial charge >= 0.3 is 0 Å². The van der Waals surface area contributed by atoms with E-state index in [4.69, 9.17) is 4.74 Å². The van der Waals surface area contributed by atoms with Crippen molar-refractivity contribution in [2.45, 2.75) is 32.8 Å². The number of nitrogens with one attached hydrogen (secondary N) is 1. The third-order valence-electron chi connectivity index (χ3n) is 4.44. The minimum Gasteiger partial charge on any atom is -0.471 e. The number of ether oxygens (including phenoxy) is 1. The molecule has 0 saturated heterocycles. The highest BCUT2D eigenvalue weighted by Crippen LogP contribution is 2.35. The fourth-order valence-electron chi connectivity index (χ4n) is 2.97. The Morgan fingerprint density at radius 1 is 1.07 bits per heavy atom. The summed E-state index contributed by atoms with van der Waals surface area (Å²) in [7, 11) is 0. The minimum absolute atomic E-state index is 0.222. The van der Waals surface area contributed by atoms with Crippen molar-refractivity contribution in [2.24, 2.45) is 0 Å². The molecule has 1 aromatic carbocycles. The molecule has 0 aliphatic heterocycles. The zero-order valence-electron chi connectivity index (χ0n) is 16.9. The maximum Gasteiger partial charge on any atom is 0.241 e.